The zero-order chi connectivity index (χ0) is 28.8. The fraction of sp³-hybridized carbons (Fsp3) is 1.00. The van der Waals surface area contributed by atoms with E-state index < -0.39 is 20.8 Å². The van der Waals surface area contributed by atoms with E-state index in [0.29, 0.717) is 12.8 Å². The summed E-state index contributed by atoms with van der Waals surface area (Å²) in [4.78, 5) is 0. The molecule has 8 nitrogen and oxygen atoms in total. The van der Waals surface area contributed by atoms with Crippen molar-refractivity contribution in [2.24, 2.45) is 0 Å². The molecule has 39 heavy (non-hydrogen) atoms. The largest absolute Gasteiger partial charge is 2.00 e. The molecule has 0 heterocycles. The fourth-order valence-electron chi connectivity index (χ4n) is 4.21. The van der Waals surface area contributed by atoms with Gasteiger partial charge in [0.15, 0.2) is 0 Å². The molecule has 0 aliphatic carbocycles. The molecule has 0 aromatic carbocycles. The van der Waals surface area contributed by atoms with Gasteiger partial charge in [0.1, 0.15) is 0 Å². The van der Waals surface area contributed by atoms with E-state index in [-0.39, 0.29) is 30.3 Å². The van der Waals surface area contributed by atoms with Crippen molar-refractivity contribution in [3.63, 3.8) is 0 Å². The minimum Gasteiger partial charge on any atom is -0.726 e. The Hall–Kier alpha value is 0.259. The van der Waals surface area contributed by atoms with Gasteiger partial charge in [-0.1, -0.05) is 155 Å². The summed E-state index contributed by atoms with van der Waals surface area (Å²) >= 11 is 0. The van der Waals surface area contributed by atoms with Crippen LogP contribution in [0, 0.1) is 0 Å². The Bertz CT molecular complexity index is 615. The van der Waals surface area contributed by atoms with Crippen LogP contribution in [-0.2, 0) is 46.2 Å². The summed E-state index contributed by atoms with van der Waals surface area (Å²) in [6, 6.07) is 0. The average Bonchev–Trinajstić information content (AvgIpc) is 2.84. The van der Waals surface area contributed by atoms with Gasteiger partial charge in [-0.15, -0.1) is 0 Å². The Morgan fingerprint density at radius 2 is 0.564 bits per heavy atom. The van der Waals surface area contributed by atoms with Crippen LogP contribution in [0.15, 0.2) is 0 Å². The van der Waals surface area contributed by atoms with Gasteiger partial charge in [-0.25, -0.2) is 16.8 Å². The standard InChI is InChI=1S/2C14H30O4S.Cu/c2*1-2-3-4-5-6-7-8-9-10-11-12-13-14-18-19(15,16)17;/h2*2-14H2,1H3,(H,15,16,17);/q;;+2/p-2. The molecule has 0 atom stereocenters. The van der Waals surface area contributed by atoms with Crippen molar-refractivity contribution in [1.82, 2.24) is 0 Å². The minimum atomic E-state index is -4.49. The molecule has 0 bridgehead atoms. The third-order valence-corrected chi connectivity index (χ3v) is 7.36. The second-order valence-corrected chi connectivity index (χ2v) is 12.3. The van der Waals surface area contributed by atoms with Crippen LogP contribution in [0.5, 0.6) is 0 Å². The second-order valence-electron chi connectivity index (χ2n) is 10.2. The molecule has 0 aliphatic heterocycles. The minimum absolute atomic E-state index is 0. The van der Waals surface area contributed by atoms with Crippen molar-refractivity contribution in [2.45, 2.75) is 168 Å². The molecule has 0 aliphatic rings. The predicted octanol–water partition coefficient (Wildman–Crippen LogP) is 8.33. The number of rotatable bonds is 28. The van der Waals surface area contributed by atoms with E-state index in [0.717, 1.165) is 25.7 Å². The first-order valence-electron chi connectivity index (χ1n) is 15.3. The van der Waals surface area contributed by atoms with Crippen LogP contribution < -0.4 is 0 Å². The Labute approximate surface area is 252 Å². The van der Waals surface area contributed by atoms with E-state index in [2.05, 4.69) is 22.2 Å². The third kappa shape index (κ3) is 48.3. The maximum atomic E-state index is 10.2. The van der Waals surface area contributed by atoms with Crippen LogP contribution >= 0.6 is 0 Å². The van der Waals surface area contributed by atoms with Gasteiger partial charge in [0.2, 0.25) is 20.8 Å². The van der Waals surface area contributed by atoms with Gasteiger partial charge >= 0.3 is 17.1 Å². The van der Waals surface area contributed by atoms with Gasteiger partial charge in [-0.2, -0.15) is 0 Å². The Morgan fingerprint density at radius 1 is 0.385 bits per heavy atom. The molecule has 0 aromatic rings. The second kappa shape index (κ2) is 32.8. The van der Waals surface area contributed by atoms with E-state index in [1.165, 1.54) is 116 Å². The zero-order valence-electron chi connectivity index (χ0n) is 24.8. The molecule has 0 fully saturated rings. The molecule has 0 N–H and O–H groups in total. The molecule has 11 heteroatoms. The van der Waals surface area contributed by atoms with Crippen LogP contribution in [0.3, 0.4) is 0 Å². The van der Waals surface area contributed by atoms with Crippen LogP contribution in [0.4, 0.5) is 0 Å². The Kier molecular flexibility index (Phi) is 36.7. The molecule has 0 saturated heterocycles. The van der Waals surface area contributed by atoms with Gasteiger partial charge in [0.05, 0.1) is 13.2 Å². The van der Waals surface area contributed by atoms with E-state index in [1.807, 2.05) is 0 Å². The Balaban J connectivity index is -0.000000648. The SMILES string of the molecule is CCCCCCCCCCCCCCOS(=O)(=O)[O-].CCCCCCCCCCCCCCOS(=O)(=O)[O-].[Cu+2]. The third-order valence-electron chi connectivity index (χ3n) is 6.45. The van der Waals surface area contributed by atoms with E-state index >= 15 is 0 Å². The molecule has 0 saturated carbocycles. The molecule has 0 spiro atoms. The summed E-state index contributed by atoms with van der Waals surface area (Å²) in [6.45, 7) is 4.53. The first-order valence-corrected chi connectivity index (χ1v) is 18.0. The van der Waals surface area contributed by atoms with Crippen molar-refractivity contribution in [3.8, 4) is 0 Å². The summed E-state index contributed by atoms with van der Waals surface area (Å²) in [5.74, 6) is 0. The average molecular weight is 650 g/mol. The van der Waals surface area contributed by atoms with Crippen molar-refractivity contribution < 1.29 is 51.4 Å². The van der Waals surface area contributed by atoms with Crippen molar-refractivity contribution in [2.75, 3.05) is 13.2 Å². The number of hydrogen-bond acceptors (Lipinski definition) is 8. The summed E-state index contributed by atoms with van der Waals surface area (Å²) in [5.41, 5.74) is 0. The zero-order valence-corrected chi connectivity index (χ0v) is 27.3. The van der Waals surface area contributed by atoms with Gasteiger partial charge in [-0.3, -0.25) is 8.37 Å². The van der Waals surface area contributed by atoms with Gasteiger partial charge in [-0.05, 0) is 12.8 Å². The van der Waals surface area contributed by atoms with E-state index in [9.17, 15) is 25.9 Å². The van der Waals surface area contributed by atoms with E-state index in [4.69, 9.17) is 0 Å². The molecular weight excluding hydrogens is 592 g/mol. The first kappa shape index (κ1) is 43.7. The Morgan fingerprint density at radius 3 is 0.744 bits per heavy atom. The monoisotopic (exact) mass is 649 g/mol. The number of hydrogen-bond donors (Lipinski definition) is 0. The summed E-state index contributed by atoms with van der Waals surface area (Å²) in [5, 5.41) is 0. The summed E-state index contributed by atoms with van der Waals surface area (Å²) in [6.07, 6.45) is 29.1. The molecule has 0 amide bonds. The fourth-order valence-corrected chi connectivity index (χ4v) is 4.85. The van der Waals surface area contributed by atoms with Gasteiger partial charge < -0.3 is 9.11 Å². The summed E-state index contributed by atoms with van der Waals surface area (Å²) < 4.78 is 69.2. The van der Waals surface area contributed by atoms with E-state index in [1.54, 1.807) is 0 Å². The molecular formula is C28H58CuO8S2. The quantitative estimate of drug-likeness (QED) is 0.0357. The number of unbranched alkanes of at least 4 members (excludes halogenated alkanes) is 22. The van der Waals surface area contributed by atoms with Gasteiger partial charge in [0.25, 0.3) is 0 Å². The van der Waals surface area contributed by atoms with Crippen LogP contribution in [0.25, 0.3) is 0 Å². The molecule has 0 aromatic heterocycles. The predicted molar refractivity (Wildman–Crippen MR) is 153 cm³/mol. The van der Waals surface area contributed by atoms with Crippen LogP contribution in [0.1, 0.15) is 168 Å². The summed E-state index contributed by atoms with van der Waals surface area (Å²) in [7, 11) is -8.98. The first-order chi connectivity index (χ1) is 18.1. The molecule has 0 rings (SSSR count). The maximum Gasteiger partial charge on any atom is 2.00 e. The van der Waals surface area contributed by atoms with Crippen molar-refractivity contribution >= 4 is 20.8 Å². The van der Waals surface area contributed by atoms with Gasteiger partial charge in [0, 0.05) is 0 Å². The van der Waals surface area contributed by atoms with Crippen LogP contribution in [-0.4, -0.2) is 39.2 Å². The van der Waals surface area contributed by atoms with Crippen molar-refractivity contribution in [3.05, 3.63) is 0 Å². The van der Waals surface area contributed by atoms with Crippen molar-refractivity contribution in [1.29, 1.82) is 0 Å². The van der Waals surface area contributed by atoms with Crippen LogP contribution in [0.2, 0.25) is 0 Å². The molecule has 1 radical (unpaired) electrons. The topological polar surface area (TPSA) is 133 Å². The smallest absolute Gasteiger partial charge is 0.726 e. The molecule has 0 unspecified atom stereocenters. The maximum absolute atomic E-state index is 10.2. The molecule has 241 valence electrons. The normalized spacial score (nSPS) is 11.6.